The summed E-state index contributed by atoms with van der Waals surface area (Å²) in [5.41, 5.74) is 1.77. The van der Waals surface area contributed by atoms with Crippen LogP contribution in [0.4, 0.5) is 17.6 Å². The first kappa shape index (κ1) is 25.5. The lowest BCUT2D eigenvalue weighted by Crippen LogP contribution is -2.13. The molecule has 35 heavy (non-hydrogen) atoms. The number of halogens is 4. The fraction of sp³-hybridized carbons (Fsp3) is 0.419. The topological polar surface area (TPSA) is 0 Å². The zero-order valence-corrected chi connectivity index (χ0v) is 20.4. The molecule has 0 N–H and O–H groups in total. The Hall–Kier alpha value is -2.62. The van der Waals surface area contributed by atoms with Crippen molar-refractivity contribution in [2.24, 2.45) is 5.92 Å². The van der Waals surface area contributed by atoms with Crippen LogP contribution in [0.1, 0.15) is 80.9 Å². The Morgan fingerprint density at radius 3 is 1.94 bits per heavy atom. The fourth-order valence-corrected chi connectivity index (χ4v) is 5.45. The van der Waals surface area contributed by atoms with Gasteiger partial charge >= 0.3 is 0 Å². The lowest BCUT2D eigenvalue weighted by molar-refractivity contribution is 0.303. The van der Waals surface area contributed by atoms with Gasteiger partial charge in [0.2, 0.25) is 0 Å². The van der Waals surface area contributed by atoms with Crippen LogP contribution < -0.4 is 0 Å². The Morgan fingerprint density at radius 2 is 1.34 bits per heavy atom. The standard InChI is InChI=1S/C31H34F4/c1-2-3-4-6-21-9-14-23(15-10-21)24-16-11-22(12-17-24)13-18-26-29(34)19-25(20-30(26)35)31-27(32)7-5-8-28(31)33/h5,7-8,11-12,16-17,19-21,23H,2-4,6,9-10,13-15,18H2,1H3. The minimum Gasteiger partial charge on any atom is -0.207 e. The summed E-state index contributed by atoms with van der Waals surface area (Å²) in [5.74, 6) is -1.77. The lowest BCUT2D eigenvalue weighted by Gasteiger charge is -2.29. The van der Waals surface area contributed by atoms with Gasteiger partial charge in [-0.05, 0) is 91.3 Å². The van der Waals surface area contributed by atoms with Crippen molar-refractivity contribution in [2.45, 2.75) is 77.0 Å². The summed E-state index contributed by atoms with van der Waals surface area (Å²) in [6.07, 6.45) is 11.1. The van der Waals surface area contributed by atoms with Gasteiger partial charge in [-0.2, -0.15) is 0 Å². The van der Waals surface area contributed by atoms with Crippen molar-refractivity contribution >= 4 is 0 Å². The van der Waals surface area contributed by atoms with Crippen molar-refractivity contribution in [3.63, 3.8) is 0 Å². The highest BCUT2D eigenvalue weighted by Crippen LogP contribution is 2.38. The van der Waals surface area contributed by atoms with Crippen LogP contribution >= 0.6 is 0 Å². The van der Waals surface area contributed by atoms with Gasteiger partial charge in [0.15, 0.2) is 0 Å². The molecule has 186 valence electrons. The van der Waals surface area contributed by atoms with Crippen molar-refractivity contribution in [3.8, 4) is 11.1 Å². The minimum absolute atomic E-state index is 0.0593. The second-order valence-electron chi connectivity index (χ2n) is 9.97. The molecule has 0 spiro atoms. The van der Waals surface area contributed by atoms with Crippen molar-refractivity contribution in [1.29, 1.82) is 0 Å². The van der Waals surface area contributed by atoms with E-state index in [1.54, 1.807) is 0 Å². The molecule has 1 saturated carbocycles. The van der Waals surface area contributed by atoms with Crippen molar-refractivity contribution in [1.82, 2.24) is 0 Å². The quantitative estimate of drug-likeness (QED) is 0.210. The summed E-state index contributed by atoms with van der Waals surface area (Å²) in [5, 5.41) is 0. The molecule has 1 aliphatic carbocycles. The smallest absolute Gasteiger partial charge is 0.133 e. The van der Waals surface area contributed by atoms with E-state index in [1.807, 2.05) is 0 Å². The van der Waals surface area contributed by atoms with Crippen molar-refractivity contribution in [3.05, 3.63) is 94.6 Å². The molecule has 0 aliphatic heterocycles. The van der Waals surface area contributed by atoms with Gasteiger partial charge in [-0.1, -0.05) is 62.9 Å². The number of hydrogen-bond acceptors (Lipinski definition) is 0. The zero-order chi connectivity index (χ0) is 24.8. The second-order valence-corrected chi connectivity index (χ2v) is 9.97. The third kappa shape index (κ3) is 6.34. The van der Waals surface area contributed by atoms with Crippen LogP contribution in [-0.2, 0) is 12.8 Å². The molecule has 0 amide bonds. The minimum atomic E-state index is -0.846. The van der Waals surface area contributed by atoms with Crippen LogP contribution in [-0.4, -0.2) is 0 Å². The number of hydrogen-bond donors (Lipinski definition) is 0. The first-order chi connectivity index (χ1) is 17.0. The van der Waals surface area contributed by atoms with E-state index in [2.05, 4.69) is 31.2 Å². The third-order valence-electron chi connectivity index (χ3n) is 7.57. The molecular formula is C31H34F4. The predicted octanol–water partition coefficient (Wildman–Crippen LogP) is 9.55. The molecule has 0 saturated heterocycles. The normalized spacial score (nSPS) is 18.1. The molecule has 0 unspecified atom stereocenters. The van der Waals surface area contributed by atoms with Crippen LogP contribution in [0.15, 0.2) is 54.6 Å². The lowest BCUT2D eigenvalue weighted by atomic mass is 9.77. The van der Waals surface area contributed by atoms with Crippen LogP contribution in [0.2, 0.25) is 0 Å². The first-order valence-electron chi connectivity index (χ1n) is 13.0. The number of unbranched alkanes of at least 4 members (excludes halogenated alkanes) is 2. The van der Waals surface area contributed by atoms with E-state index in [0.717, 1.165) is 35.7 Å². The van der Waals surface area contributed by atoms with Crippen LogP contribution in [0.5, 0.6) is 0 Å². The molecule has 0 heterocycles. The average molecular weight is 483 g/mol. The summed E-state index contributed by atoms with van der Waals surface area (Å²) in [6, 6.07) is 13.8. The molecule has 4 rings (SSSR count). The molecule has 4 heteroatoms. The predicted molar refractivity (Wildman–Crippen MR) is 134 cm³/mol. The average Bonchev–Trinajstić information content (AvgIpc) is 2.84. The fourth-order valence-electron chi connectivity index (χ4n) is 5.45. The van der Waals surface area contributed by atoms with Gasteiger partial charge in [-0.25, -0.2) is 17.6 Å². The van der Waals surface area contributed by atoms with E-state index in [0.29, 0.717) is 12.3 Å². The van der Waals surface area contributed by atoms with E-state index in [4.69, 9.17) is 0 Å². The van der Waals surface area contributed by atoms with Gasteiger partial charge in [0.05, 0.1) is 5.56 Å². The highest BCUT2D eigenvalue weighted by atomic mass is 19.1. The third-order valence-corrected chi connectivity index (χ3v) is 7.57. The van der Waals surface area contributed by atoms with E-state index < -0.39 is 28.8 Å². The molecule has 1 aliphatic rings. The van der Waals surface area contributed by atoms with Gasteiger partial charge in [0, 0.05) is 5.56 Å². The summed E-state index contributed by atoms with van der Waals surface area (Å²) >= 11 is 0. The monoisotopic (exact) mass is 482 g/mol. The first-order valence-corrected chi connectivity index (χ1v) is 13.0. The number of aryl methyl sites for hydroxylation is 1. The molecule has 0 aromatic heterocycles. The van der Waals surface area contributed by atoms with Gasteiger partial charge in [-0.3, -0.25) is 0 Å². The largest absolute Gasteiger partial charge is 0.207 e. The maximum Gasteiger partial charge on any atom is 0.133 e. The van der Waals surface area contributed by atoms with Gasteiger partial charge < -0.3 is 0 Å². The molecule has 3 aromatic carbocycles. The molecule has 3 aromatic rings. The van der Waals surface area contributed by atoms with Crippen LogP contribution in [0.25, 0.3) is 11.1 Å². The molecule has 0 radical (unpaired) electrons. The maximum absolute atomic E-state index is 14.7. The molecule has 0 atom stereocenters. The second kappa shape index (κ2) is 11.9. The SMILES string of the molecule is CCCCCC1CCC(c2ccc(CCc3c(F)cc(-c4c(F)cccc4F)cc3F)cc2)CC1. The van der Waals surface area contributed by atoms with E-state index >= 15 is 0 Å². The van der Waals surface area contributed by atoms with Crippen molar-refractivity contribution < 1.29 is 17.6 Å². The van der Waals surface area contributed by atoms with Gasteiger partial charge in [0.1, 0.15) is 23.3 Å². The maximum atomic E-state index is 14.7. The van der Waals surface area contributed by atoms with Gasteiger partial charge in [-0.15, -0.1) is 0 Å². The van der Waals surface area contributed by atoms with Crippen molar-refractivity contribution in [2.75, 3.05) is 0 Å². The molecule has 1 fully saturated rings. The summed E-state index contributed by atoms with van der Waals surface area (Å²) in [6.45, 7) is 2.25. The number of benzene rings is 3. The zero-order valence-electron chi connectivity index (χ0n) is 20.4. The summed E-state index contributed by atoms with van der Waals surface area (Å²) in [7, 11) is 0. The summed E-state index contributed by atoms with van der Waals surface area (Å²) < 4.78 is 57.5. The molecule has 0 bridgehead atoms. The summed E-state index contributed by atoms with van der Waals surface area (Å²) in [4.78, 5) is 0. The number of rotatable bonds is 9. The Kier molecular flexibility index (Phi) is 8.64. The van der Waals surface area contributed by atoms with Crippen LogP contribution in [0.3, 0.4) is 0 Å². The Labute approximate surface area is 206 Å². The highest BCUT2D eigenvalue weighted by Gasteiger charge is 2.22. The van der Waals surface area contributed by atoms with Gasteiger partial charge in [0.25, 0.3) is 0 Å². The Bertz CT molecular complexity index is 1070. The van der Waals surface area contributed by atoms with E-state index in [-0.39, 0.29) is 17.5 Å². The Morgan fingerprint density at radius 1 is 0.714 bits per heavy atom. The Balaban J connectivity index is 1.36. The van der Waals surface area contributed by atoms with E-state index in [1.165, 1.54) is 63.0 Å². The molecule has 0 nitrogen and oxygen atoms in total. The molecular weight excluding hydrogens is 448 g/mol. The van der Waals surface area contributed by atoms with E-state index in [9.17, 15) is 17.6 Å². The highest BCUT2D eigenvalue weighted by molar-refractivity contribution is 5.65. The van der Waals surface area contributed by atoms with Crippen LogP contribution in [0, 0.1) is 29.2 Å².